The fourth-order valence-corrected chi connectivity index (χ4v) is 3.26. The van der Waals surface area contributed by atoms with Gasteiger partial charge in [-0.1, -0.05) is 37.5 Å². The minimum absolute atomic E-state index is 0.0601. The molecule has 22 heavy (non-hydrogen) atoms. The molecule has 0 spiro atoms. The quantitative estimate of drug-likeness (QED) is 0.647. The van der Waals surface area contributed by atoms with Crippen LogP contribution in [0.5, 0.6) is 0 Å². The zero-order valence-electron chi connectivity index (χ0n) is 13.4. The number of anilines is 1. The molecule has 0 bridgehead atoms. The fraction of sp³-hybridized carbons (Fsp3) is 0.611. The second-order valence-electron chi connectivity index (χ2n) is 6.44. The predicted octanol–water partition coefficient (Wildman–Crippen LogP) is 2.90. The lowest BCUT2D eigenvalue weighted by Gasteiger charge is -2.35. The van der Waals surface area contributed by atoms with Crippen molar-refractivity contribution >= 4 is 11.6 Å². The molecule has 0 atom stereocenters. The van der Waals surface area contributed by atoms with Crippen LogP contribution >= 0.6 is 0 Å². The van der Waals surface area contributed by atoms with E-state index in [9.17, 15) is 4.79 Å². The van der Waals surface area contributed by atoms with Gasteiger partial charge in [-0.05, 0) is 43.4 Å². The van der Waals surface area contributed by atoms with Crippen LogP contribution in [-0.2, 0) is 4.79 Å². The number of nitrogens with one attached hydrogen (secondary N) is 2. The van der Waals surface area contributed by atoms with Crippen molar-refractivity contribution in [3.63, 3.8) is 0 Å². The highest BCUT2D eigenvalue weighted by molar-refractivity contribution is 5.76. The van der Waals surface area contributed by atoms with E-state index in [1.165, 1.54) is 19.3 Å². The summed E-state index contributed by atoms with van der Waals surface area (Å²) in [5.41, 5.74) is 7.12. The summed E-state index contributed by atoms with van der Waals surface area (Å²) in [6, 6.07) is 10.1. The first-order valence-electron chi connectivity index (χ1n) is 8.50. The molecule has 4 heteroatoms. The van der Waals surface area contributed by atoms with Gasteiger partial charge in [0, 0.05) is 25.2 Å². The van der Waals surface area contributed by atoms with Crippen molar-refractivity contribution in [2.45, 2.75) is 44.9 Å². The lowest BCUT2D eigenvalue weighted by Crippen LogP contribution is -2.39. The van der Waals surface area contributed by atoms with E-state index in [4.69, 9.17) is 5.73 Å². The Morgan fingerprint density at radius 1 is 1.09 bits per heavy atom. The summed E-state index contributed by atoms with van der Waals surface area (Å²) in [7, 11) is 0. The van der Waals surface area contributed by atoms with Crippen molar-refractivity contribution in [1.29, 1.82) is 0 Å². The molecule has 0 unspecified atom stereocenters. The van der Waals surface area contributed by atoms with E-state index < -0.39 is 0 Å². The van der Waals surface area contributed by atoms with E-state index in [1.807, 2.05) is 30.3 Å². The Morgan fingerprint density at radius 2 is 1.82 bits per heavy atom. The highest BCUT2D eigenvalue weighted by atomic mass is 16.1. The van der Waals surface area contributed by atoms with Gasteiger partial charge in [0.05, 0.1) is 0 Å². The molecule has 1 aliphatic carbocycles. The molecule has 0 aliphatic heterocycles. The van der Waals surface area contributed by atoms with Crippen LogP contribution in [0.25, 0.3) is 0 Å². The highest BCUT2D eigenvalue weighted by Gasteiger charge is 2.32. The van der Waals surface area contributed by atoms with E-state index in [-0.39, 0.29) is 11.3 Å². The summed E-state index contributed by atoms with van der Waals surface area (Å²) in [6.45, 7) is 2.22. The van der Waals surface area contributed by atoms with Crippen LogP contribution in [0.1, 0.15) is 44.9 Å². The summed E-state index contributed by atoms with van der Waals surface area (Å²) in [5.74, 6) is 0.159. The second-order valence-corrected chi connectivity index (χ2v) is 6.44. The lowest BCUT2D eigenvalue weighted by molar-refractivity contribution is -0.123. The van der Waals surface area contributed by atoms with Crippen LogP contribution in [0.2, 0.25) is 0 Å². The van der Waals surface area contributed by atoms with Crippen LogP contribution < -0.4 is 16.4 Å². The summed E-state index contributed by atoms with van der Waals surface area (Å²) < 4.78 is 0. The molecule has 1 aromatic carbocycles. The van der Waals surface area contributed by atoms with Crippen molar-refractivity contribution in [1.82, 2.24) is 5.32 Å². The molecule has 1 aromatic rings. The Hall–Kier alpha value is -1.55. The van der Waals surface area contributed by atoms with Crippen molar-refractivity contribution in [2.75, 3.05) is 25.0 Å². The van der Waals surface area contributed by atoms with Gasteiger partial charge in [-0.3, -0.25) is 4.79 Å². The maximum Gasteiger partial charge on any atom is 0.220 e. The van der Waals surface area contributed by atoms with Gasteiger partial charge in [-0.25, -0.2) is 0 Å². The number of amides is 1. The normalized spacial score (nSPS) is 17.0. The number of para-hydroxylation sites is 1. The highest BCUT2D eigenvalue weighted by Crippen LogP contribution is 2.38. The van der Waals surface area contributed by atoms with Crippen molar-refractivity contribution in [3.05, 3.63) is 30.3 Å². The summed E-state index contributed by atoms with van der Waals surface area (Å²) in [4.78, 5) is 12.1. The molecule has 122 valence electrons. The maximum atomic E-state index is 12.1. The van der Waals surface area contributed by atoms with E-state index in [2.05, 4.69) is 10.6 Å². The van der Waals surface area contributed by atoms with Crippen molar-refractivity contribution < 1.29 is 4.79 Å². The minimum atomic E-state index is 0.0601. The zero-order valence-corrected chi connectivity index (χ0v) is 13.4. The molecular weight excluding hydrogens is 274 g/mol. The number of hydrogen-bond acceptors (Lipinski definition) is 3. The van der Waals surface area contributed by atoms with Crippen molar-refractivity contribution in [2.24, 2.45) is 11.1 Å². The largest absolute Gasteiger partial charge is 0.385 e. The Labute approximate surface area is 133 Å². The average Bonchev–Trinajstić information content (AvgIpc) is 2.56. The van der Waals surface area contributed by atoms with Gasteiger partial charge in [-0.15, -0.1) is 0 Å². The van der Waals surface area contributed by atoms with Crippen LogP contribution in [-0.4, -0.2) is 25.5 Å². The molecule has 0 saturated heterocycles. The van der Waals surface area contributed by atoms with E-state index in [1.54, 1.807) is 0 Å². The Morgan fingerprint density at radius 3 is 2.50 bits per heavy atom. The van der Waals surface area contributed by atoms with Gasteiger partial charge < -0.3 is 16.4 Å². The first kappa shape index (κ1) is 16.8. The zero-order chi connectivity index (χ0) is 15.7. The SMILES string of the molecule is NCC1(CC(=O)NCCCNc2ccccc2)CCCCC1. The predicted molar refractivity (Wildman–Crippen MR) is 91.7 cm³/mol. The Kier molecular flexibility index (Phi) is 6.72. The maximum absolute atomic E-state index is 12.1. The molecule has 2 rings (SSSR count). The average molecular weight is 303 g/mol. The van der Waals surface area contributed by atoms with E-state index >= 15 is 0 Å². The van der Waals surface area contributed by atoms with Crippen LogP contribution in [0.4, 0.5) is 5.69 Å². The minimum Gasteiger partial charge on any atom is -0.385 e. The van der Waals surface area contributed by atoms with Gasteiger partial charge in [0.25, 0.3) is 0 Å². The van der Waals surface area contributed by atoms with Gasteiger partial charge in [0.1, 0.15) is 0 Å². The monoisotopic (exact) mass is 303 g/mol. The van der Waals surface area contributed by atoms with Crippen LogP contribution in [0, 0.1) is 5.41 Å². The third-order valence-electron chi connectivity index (χ3n) is 4.66. The molecule has 4 nitrogen and oxygen atoms in total. The third kappa shape index (κ3) is 5.34. The summed E-state index contributed by atoms with van der Waals surface area (Å²) in [6.07, 6.45) is 7.44. The molecule has 0 radical (unpaired) electrons. The lowest BCUT2D eigenvalue weighted by atomic mass is 9.71. The standard InChI is InChI=1S/C18H29N3O/c19-15-18(10-5-2-6-11-18)14-17(22)21-13-7-12-20-16-8-3-1-4-9-16/h1,3-4,8-9,20H,2,5-7,10-15,19H2,(H,21,22). The molecule has 1 saturated carbocycles. The molecule has 0 aromatic heterocycles. The molecular formula is C18H29N3O. The molecule has 1 aliphatic rings. The first-order chi connectivity index (χ1) is 10.7. The Bertz CT molecular complexity index is 441. The summed E-state index contributed by atoms with van der Waals surface area (Å²) in [5, 5.41) is 6.39. The van der Waals surface area contributed by atoms with Gasteiger partial charge in [-0.2, -0.15) is 0 Å². The van der Waals surface area contributed by atoms with Crippen molar-refractivity contribution in [3.8, 4) is 0 Å². The fourth-order valence-electron chi connectivity index (χ4n) is 3.26. The van der Waals surface area contributed by atoms with Crippen LogP contribution in [0.15, 0.2) is 30.3 Å². The Balaban J connectivity index is 1.61. The number of carbonyl (C=O) groups is 1. The van der Waals surface area contributed by atoms with E-state index in [0.29, 0.717) is 13.0 Å². The molecule has 4 N–H and O–H groups in total. The summed E-state index contributed by atoms with van der Waals surface area (Å²) >= 11 is 0. The molecule has 0 heterocycles. The number of rotatable bonds is 8. The van der Waals surface area contributed by atoms with Crippen LogP contribution in [0.3, 0.4) is 0 Å². The number of benzene rings is 1. The van der Waals surface area contributed by atoms with Gasteiger partial charge >= 0.3 is 0 Å². The molecule has 1 amide bonds. The van der Waals surface area contributed by atoms with Gasteiger partial charge in [0.15, 0.2) is 0 Å². The number of hydrogen-bond donors (Lipinski definition) is 3. The van der Waals surface area contributed by atoms with Gasteiger partial charge in [0.2, 0.25) is 5.91 Å². The third-order valence-corrected chi connectivity index (χ3v) is 4.66. The number of nitrogens with two attached hydrogens (primary N) is 1. The topological polar surface area (TPSA) is 67.2 Å². The molecule has 1 fully saturated rings. The number of carbonyl (C=O) groups excluding carboxylic acids is 1. The second kappa shape index (κ2) is 8.79. The van der Waals surface area contributed by atoms with E-state index in [0.717, 1.165) is 38.0 Å². The first-order valence-corrected chi connectivity index (χ1v) is 8.50. The smallest absolute Gasteiger partial charge is 0.220 e.